The Kier molecular flexibility index (Phi) is 4.78. The fourth-order valence-corrected chi connectivity index (χ4v) is 2.27. The van der Waals surface area contributed by atoms with E-state index in [1.807, 2.05) is 50.2 Å². The first-order valence-electron chi connectivity index (χ1n) is 6.24. The van der Waals surface area contributed by atoms with Gasteiger partial charge < -0.3 is 15.8 Å². The first kappa shape index (κ1) is 15.0. The van der Waals surface area contributed by atoms with E-state index in [1.165, 1.54) is 0 Å². The van der Waals surface area contributed by atoms with E-state index in [-0.39, 0.29) is 6.10 Å². The van der Waals surface area contributed by atoms with Crippen molar-refractivity contribution in [3.63, 3.8) is 0 Å². The molecule has 0 aliphatic rings. The van der Waals surface area contributed by atoms with Crippen LogP contribution in [0.5, 0.6) is 5.75 Å². The summed E-state index contributed by atoms with van der Waals surface area (Å²) in [5.41, 5.74) is 8.34. The van der Waals surface area contributed by atoms with Crippen LogP contribution in [0.15, 0.2) is 40.9 Å². The second kappa shape index (κ2) is 6.37. The zero-order valence-electron chi connectivity index (χ0n) is 11.3. The number of ether oxygens (including phenoxy) is 1. The summed E-state index contributed by atoms with van der Waals surface area (Å²) in [4.78, 5) is 0. The quantitative estimate of drug-likeness (QED) is 0.740. The van der Waals surface area contributed by atoms with Crippen molar-refractivity contribution >= 4 is 44.6 Å². The molecule has 0 saturated carbocycles. The highest BCUT2D eigenvalue weighted by Crippen LogP contribution is 2.35. The Morgan fingerprint density at radius 2 is 1.95 bits per heavy atom. The molecule has 2 aromatic rings. The Bertz CT molecular complexity index is 617. The second-order valence-electron chi connectivity index (χ2n) is 4.63. The van der Waals surface area contributed by atoms with Gasteiger partial charge in [-0.2, -0.15) is 0 Å². The molecule has 0 aliphatic carbocycles. The highest BCUT2D eigenvalue weighted by molar-refractivity contribution is 9.10. The van der Waals surface area contributed by atoms with Crippen molar-refractivity contribution in [2.75, 3.05) is 11.1 Å². The normalized spacial score (nSPS) is 10.7. The minimum atomic E-state index is 0.0745. The van der Waals surface area contributed by atoms with E-state index in [1.54, 1.807) is 0 Å². The van der Waals surface area contributed by atoms with E-state index in [2.05, 4.69) is 21.2 Å². The molecule has 0 heterocycles. The summed E-state index contributed by atoms with van der Waals surface area (Å²) in [6.45, 7) is 3.93. The van der Waals surface area contributed by atoms with Gasteiger partial charge in [0, 0.05) is 9.50 Å². The number of benzene rings is 2. The Balaban J connectivity index is 2.32. The number of rotatable bonds is 4. The summed E-state index contributed by atoms with van der Waals surface area (Å²) in [5.74, 6) is 0.670. The molecule has 0 amide bonds. The van der Waals surface area contributed by atoms with Gasteiger partial charge in [-0.05, 0) is 60.1 Å². The molecule has 0 unspecified atom stereocenters. The number of nitrogens with one attached hydrogen (secondary N) is 1. The van der Waals surface area contributed by atoms with Gasteiger partial charge in [-0.15, -0.1) is 0 Å². The molecule has 0 spiro atoms. The molecule has 3 N–H and O–H groups in total. The van der Waals surface area contributed by atoms with Crippen LogP contribution >= 0.6 is 27.5 Å². The van der Waals surface area contributed by atoms with E-state index in [4.69, 9.17) is 22.1 Å². The van der Waals surface area contributed by atoms with E-state index in [0.29, 0.717) is 16.5 Å². The average Bonchev–Trinajstić information content (AvgIpc) is 2.38. The van der Waals surface area contributed by atoms with E-state index in [0.717, 1.165) is 15.8 Å². The van der Waals surface area contributed by atoms with Crippen molar-refractivity contribution in [2.24, 2.45) is 0 Å². The average molecular weight is 356 g/mol. The Morgan fingerprint density at radius 1 is 1.20 bits per heavy atom. The van der Waals surface area contributed by atoms with Crippen molar-refractivity contribution < 1.29 is 4.74 Å². The molecular weight excluding hydrogens is 340 g/mol. The Morgan fingerprint density at radius 3 is 2.65 bits per heavy atom. The third-order valence-corrected chi connectivity index (χ3v) is 3.55. The highest BCUT2D eigenvalue weighted by Gasteiger charge is 2.09. The molecule has 2 aromatic carbocycles. The molecule has 0 radical (unpaired) electrons. The summed E-state index contributed by atoms with van der Waals surface area (Å²) in [5, 5.41) is 3.91. The topological polar surface area (TPSA) is 47.3 Å². The lowest BCUT2D eigenvalue weighted by molar-refractivity contribution is 0.244. The third-order valence-electron chi connectivity index (χ3n) is 2.63. The molecule has 0 saturated heterocycles. The van der Waals surface area contributed by atoms with Crippen molar-refractivity contribution in [3.8, 4) is 5.75 Å². The molecule has 106 valence electrons. The molecule has 0 atom stereocenters. The van der Waals surface area contributed by atoms with Crippen LogP contribution in [0.2, 0.25) is 5.02 Å². The first-order valence-corrected chi connectivity index (χ1v) is 7.41. The van der Waals surface area contributed by atoms with Crippen molar-refractivity contribution in [3.05, 3.63) is 45.9 Å². The van der Waals surface area contributed by atoms with Gasteiger partial charge in [0.25, 0.3) is 0 Å². The van der Waals surface area contributed by atoms with E-state index < -0.39 is 0 Å². The number of nitrogen functional groups attached to an aromatic ring is 1. The van der Waals surface area contributed by atoms with E-state index in [9.17, 15) is 0 Å². The Labute approximate surface area is 132 Å². The SMILES string of the molecule is CC(C)Oc1cccc(Nc2cc(Cl)ccc2Br)c1N. The van der Waals surface area contributed by atoms with Gasteiger partial charge in [0.2, 0.25) is 0 Å². The summed E-state index contributed by atoms with van der Waals surface area (Å²) >= 11 is 9.48. The van der Waals surface area contributed by atoms with E-state index >= 15 is 0 Å². The maximum atomic E-state index is 6.13. The van der Waals surface area contributed by atoms with Gasteiger partial charge in [0.15, 0.2) is 0 Å². The van der Waals surface area contributed by atoms with Crippen LogP contribution in [0.4, 0.5) is 17.1 Å². The van der Waals surface area contributed by atoms with Crippen LogP contribution in [-0.4, -0.2) is 6.10 Å². The number of para-hydroxylation sites is 1. The molecule has 20 heavy (non-hydrogen) atoms. The molecule has 0 aromatic heterocycles. The minimum Gasteiger partial charge on any atom is -0.489 e. The highest BCUT2D eigenvalue weighted by atomic mass is 79.9. The van der Waals surface area contributed by atoms with Crippen molar-refractivity contribution in [1.29, 1.82) is 0 Å². The zero-order chi connectivity index (χ0) is 14.7. The number of hydrogen-bond donors (Lipinski definition) is 2. The van der Waals surface area contributed by atoms with Gasteiger partial charge in [-0.3, -0.25) is 0 Å². The number of hydrogen-bond acceptors (Lipinski definition) is 3. The smallest absolute Gasteiger partial charge is 0.144 e. The monoisotopic (exact) mass is 354 g/mol. The van der Waals surface area contributed by atoms with Crippen LogP contribution in [-0.2, 0) is 0 Å². The zero-order valence-corrected chi connectivity index (χ0v) is 13.6. The molecule has 0 bridgehead atoms. The van der Waals surface area contributed by atoms with Gasteiger partial charge >= 0.3 is 0 Å². The number of halogens is 2. The molecule has 5 heteroatoms. The van der Waals surface area contributed by atoms with Crippen molar-refractivity contribution in [1.82, 2.24) is 0 Å². The van der Waals surface area contributed by atoms with Gasteiger partial charge in [-0.1, -0.05) is 17.7 Å². The Hall–Kier alpha value is -1.39. The second-order valence-corrected chi connectivity index (χ2v) is 5.92. The van der Waals surface area contributed by atoms with Crippen LogP contribution < -0.4 is 15.8 Å². The fourth-order valence-electron chi connectivity index (χ4n) is 1.75. The molecule has 2 rings (SSSR count). The summed E-state index contributed by atoms with van der Waals surface area (Å²) < 4.78 is 6.59. The molecular formula is C15H16BrClN2O. The largest absolute Gasteiger partial charge is 0.489 e. The van der Waals surface area contributed by atoms with Crippen molar-refractivity contribution in [2.45, 2.75) is 20.0 Å². The fraction of sp³-hybridized carbons (Fsp3) is 0.200. The maximum Gasteiger partial charge on any atom is 0.144 e. The number of anilines is 3. The van der Waals surface area contributed by atoms with Gasteiger partial charge in [0.1, 0.15) is 5.75 Å². The van der Waals surface area contributed by atoms with Crippen LogP contribution in [0.1, 0.15) is 13.8 Å². The molecule has 0 aliphatic heterocycles. The minimum absolute atomic E-state index is 0.0745. The van der Waals surface area contributed by atoms with Gasteiger partial charge in [-0.25, -0.2) is 0 Å². The summed E-state index contributed by atoms with van der Waals surface area (Å²) in [6.07, 6.45) is 0.0745. The molecule has 3 nitrogen and oxygen atoms in total. The predicted octanol–water partition coefficient (Wildman–Crippen LogP) is 5.22. The number of nitrogens with two attached hydrogens (primary N) is 1. The molecule has 0 fully saturated rings. The lowest BCUT2D eigenvalue weighted by atomic mass is 10.2. The van der Waals surface area contributed by atoms with Crippen LogP contribution in [0.3, 0.4) is 0 Å². The predicted molar refractivity (Wildman–Crippen MR) is 89.1 cm³/mol. The first-order chi connectivity index (χ1) is 9.47. The lowest BCUT2D eigenvalue weighted by Gasteiger charge is -2.16. The van der Waals surface area contributed by atoms with Crippen LogP contribution in [0, 0.1) is 0 Å². The van der Waals surface area contributed by atoms with Gasteiger partial charge in [0.05, 0.1) is 23.2 Å². The standard InChI is InChI=1S/C15H16BrClN2O/c1-9(2)20-14-5-3-4-12(15(14)18)19-13-8-10(17)6-7-11(13)16/h3-9,19H,18H2,1-2H3. The van der Waals surface area contributed by atoms with Crippen LogP contribution in [0.25, 0.3) is 0 Å². The lowest BCUT2D eigenvalue weighted by Crippen LogP contribution is -2.08. The summed E-state index contributed by atoms with van der Waals surface area (Å²) in [7, 11) is 0. The summed E-state index contributed by atoms with van der Waals surface area (Å²) in [6, 6.07) is 11.2. The third kappa shape index (κ3) is 3.58. The maximum absolute atomic E-state index is 6.13.